The molecule has 0 bridgehead atoms. The maximum Gasteiger partial charge on any atom is 0.407 e. The van der Waals surface area contributed by atoms with Crippen LogP contribution in [0.5, 0.6) is 11.5 Å². The van der Waals surface area contributed by atoms with Crippen LogP contribution in [0.25, 0.3) is 11.1 Å². The fourth-order valence-corrected chi connectivity index (χ4v) is 3.45. The Morgan fingerprint density at radius 3 is 2.26 bits per heavy atom. The van der Waals surface area contributed by atoms with Gasteiger partial charge in [0.2, 0.25) is 0 Å². The maximum atomic E-state index is 15.2. The van der Waals surface area contributed by atoms with Crippen molar-refractivity contribution in [3.8, 4) is 22.6 Å². The van der Waals surface area contributed by atoms with Gasteiger partial charge in [-0.2, -0.15) is 13.2 Å². The highest BCUT2D eigenvalue weighted by atomic mass is 19.4. The molecule has 0 heterocycles. The van der Waals surface area contributed by atoms with E-state index in [1.165, 1.54) is 26.4 Å². The minimum Gasteiger partial charge on any atom is -0.497 e. The van der Waals surface area contributed by atoms with Gasteiger partial charge in [0, 0.05) is 18.2 Å². The van der Waals surface area contributed by atoms with Crippen LogP contribution < -0.4 is 14.8 Å². The quantitative estimate of drug-likeness (QED) is 0.265. The van der Waals surface area contributed by atoms with Crippen LogP contribution in [-0.2, 0) is 14.3 Å². The molecule has 2 aromatic carbocycles. The molecule has 0 amide bonds. The van der Waals surface area contributed by atoms with Gasteiger partial charge in [-0.1, -0.05) is 26.0 Å². The number of nitrogens with one attached hydrogen (secondary N) is 1. The Balaban J connectivity index is 2.49. The second kappa shape index (κ2) is 12.0. The second-order valence-electron chi connectivity index (χ2n) is 8.00. The van der Waals surface area contributed by atoms with Crippen LogP contribution in [0.4, 0.5) is 17.6 Å². The molecular weight excluding hydrogens is 458 g/mol. The molecule has 2 aromatic rings. The van der Waals surface area contributed by atoms with E-state index in [4.69, 9.17) is 14.2 Å². The standard InChI is InChI=1S/C24H29F4NO5/c1-14(2)10-20(23(30)33-5)29-22(24(26,27)28)15-6-8-17(19(25)11-15)18-12-16(32-4)7-9-21(18)34-13-31-3/h6-9,11-12,14,20,22,29H,10,13H2,1-5H3. The summed E-state index contributed by atoms with van der Waals surface area (Å²) in [6.45, 7) is 3.43. The predicted molar refractivity (Wildman–Crippen MR) is 118 cm³/mol. The zero-order valence-electron chi connectivity index (χ0n) is 19.7. The van der Waals surface area contributed by atoms with Crippen molar-refractivity contribution in [2.75, 3.05) is 28.1 Å². The molecule has 0 radical (unpaired) electrons. The molecule has 0 aliphatic rings. The highest BCUT2D eigenvalue weighted by molar-refractivity contribution is 5.76. The Hall–Kier alpha value is -2.85. The molecule has 6 nitrogen and oxygen atoms in total. The van der Waals surface area contributed by atoms with Gasteiger partial charge in [-0.05, 0) is 42.2 Å². The summed E-state index contributed by atoms with van der Waals surface area (Å²) in [5.74, 6) is -1.13. The lowest BCUT2D eigenvalue weighted by molar-refractivity contribution is -0.164. The number of esters is 1. The van der Waals surface area contributed by atoms with E-state index < -0.39 is 30.0 Å². The molecule has 0 aliphatic carbocycles. The number of alkyl halides is 3. The van der Waals surface area contributed by atoms with E-state index in [-0.39, 0.29) is 41.6 Å². The zero-order valence-corrected chi connectivity index (χ0v) is 19.7. The Morgan fingerprint density at radius 2 is 1.74 bits per heavy atom. The summed E-state index contributed by atoms with van der Waals surface area (Å²) in [7, 11) is 3.96. The predicted octanol–water partition coefficient (Wildman–Crippen LogP) is 5.26. The van der Waals surface area contributed by atoms with E-state index in [2.05, 4.69) is 10.1 Å². The van der Waals surface area contributed by atoms with Gasteiger partial charge < -0.3 is 18.9 Å². The summed E-state index contributed by atoms with van der Waals surface area (Å²) in [6.07, 6.45) is -4.68. The third kappa shape index (κ3) is 7.07. The topological polar surface area (TPSA) is 66.0 Å². The SMILES string of the molecule is COCOc1ccc(OC)cc1-c1ccc(C(NC(CC(C)C)C(=O)OC)C(F)(F)F)cc1F. The van der Waals surface area contributed by atoms with Crippen LogP contribution in [0.2, 0.25) is 0 Å². The van der Waals surface area contributed by atoms with E-state index in [9.17, 15) is 18.0 Å². The van der Waals surface area contributed by atoms with Gasteiger partial charge in [0.1, 0.15) is 29.4 Å². The largest absolute Gasteiger partial charge is 0.497 e. The third-order valence-electron chi connectivity index (χ3n) is 5.02. The van der Waals surface area contributed by atoms with Crippen LogP contribution in [0.15, 0.2) is 36.4 Å². The number of rotatable bonds is 11. The monoisotopic (exact) mass is 487 g/mol. The average molecular weight is 487 g/mol. The zero-order chi connectivity index (χ0) is 25.5. The van der Waals surface area contributed by atoms with Crippen LogP contribution in [0.3, 0.4) is 0 Å². The molecule has 2 atom stereocenters. The Morgan fingerprint density at radius 1 is 1.03 bits per heavy atom. The highest BCUT2D eigenvalue weighted by Gasteiger charge is 2.43. The Kier molecular flexibility index (Phi) is 9.69. The molecule has 0 saturated carbocycles. The number of benzene rings is 2. The van der Waals surface area contributed by atoms with E-state index in [1.54, 1.807) is 26.0 Å². The average Bonchev–Trinajstić information content (AvgIpc) is 2.78. The molecule has 2 rings (SSSR count). The molecule has 34 heavy (non-hydrogen) atoms. The number of hydrogen-bond acceptors (Lipinski definition) is 6. The van der Waals surface area contributed by atoms with E-state index >= 15 is 4.39 Å². The van der Waals surface area contributed by atoms with Crippen molar-refractivity contribution in [2.24, 2.45) is 5.92 Å². The van der Waals surface area contributed by atoms with Gasteiger partial charge in [-0.3, -0.25) is 10.1 Å². The van der Waals surface area contributed by atoms with Crippen molar-refractivity contribution in [3.63, 3.8) is 0 Å². The second-order valence-corrected chi connectivity index (χ2v) is 8.00. The molecule has 188 valence electrons. The first-order valence-corrected chi connectivity index (χ1v) is 10.5. The molecule has 0 aromatic heterocycles. The Labute approximate surface area is 196 Å². The van der Waals surface area contributed by atoms with Crippen molar-refractivity contribution in [1.29, 1.82) is 0 Å². The molecule has 0 fully saturated rings. The fraction of sp³-hybridized carbons (Fsp3) is 0.458. The van der Waals surface area contributed by atoms with E-state index in [0.29, 0.717) is 5.75 Å². The number of carbonyl (C=O) groups is 1. The summed E-state index contributed by atoms with van der Waals surface area (Å²) >= 11 is 0. The third-order valence-corrected chi connectivity index (χ3v) is 5.02. The first-order valence-electron chi connectivity index (χ1n) is 10.5. The lowest BCUT2D eigenvalue weighted by atomic mass is 9.97. The van der Waals surface area contributed by atoms with Crippen molar-refractivity contribution in [3.05, 3.63) is 47.8 Å². The maximum absolute atomic E-state index is 15.2. The minimum absolute atomic E-state index is 0.0152. The van der Waals surface area contributed by atoms with Gasteiger partial charge in [0.05, 0.1) is 14.2 Å². The number of methoxy groups -OCH3 is 3. The van der Waals surface area contributed by atoms with E-state index in [0.717, 1.165) is 19.2 Å². The van der Waals surface area contributed by atoms with Crippen LogP contribution in [-0.4, -0.2) is 46.3 Å². The summed E-state index contributed by atoms with van der Waals surface area (Å²) in [5, 5.41) is 2.31. The lowest BCUT2D eigenvalue weighted by Gasteiger charge is -2.27. The first-order chi connectivity index (χ1) is 16.0. The van der Waals surface area contributed by atoms with Crippen molar-refractivity contribution >= 4 is 5.97 Å². The van der Waals surface area contributed by atoms with Gasteiger partial charge >= 0.3 is 12.1 Å². The smallest absolute Gasteiger partial charge is 0.407 e. The van der Waals surface area contributed by atoms with Crippen LogP contribution in [0.1, 0.15) is 31.9 Å². The number of hydrogen-bond donors (Lipinski definition) is 1. The first kappa shape index (κ1) is 27.4. The van der Waals surface area contributed by atoms with E-state index in [1.807, 2.05) is 0 Å². The molecule has 2 unspecified atom stereocenters. The molecule has 0 spiro atoms. The summed E-state index contributed by atoms with van der Waals surface area (Å²) in [6, 6.07) is 4.35. The summed E-state index contributed by atoms with van der Waals surface area (Å²) in [5.41, 5.74) is -0.0840. The molecule has 0 aliphatic heterocycles. The molecule has 10 heteroatoms. The molecule has 1 N–H and O–H groups in total. The van der Waals surface area contributed by atoms with Crippen LogP contribution in [0, 0.1) is 11.7 Å². The normalized spacial score (nSPS) is 13.5. The van der Waals surface area contributed by atoms with Gasteiger partial charge in [0.15, 0.2) is 6.79 Å². The lowest BCUT2D eigenvalue weighted by Crippen LogP contribution is -2.45. The van der Waals surface area contributed by atoms with Gasteiger partial charge in [-0.15, -0.1) is 0 Å². The highest BCUT2D eigenvalue weighted by Crippen LogP contribution is 2.39. The minimum atomic E-state index is -4.79. The van der Waals surface area contributed by atoms with Crippen molar-refractivity contribution in [2.45, 2.75) is 38.5 Å². The van der Waals surface area contributed by atoms with Gasteiger partial charge in [-0.25, -0.2) is 4.39 Å². The van der Waals surface area contributed by atoms with Gasteiger partial charge in [0.25, 0.3) is 0 Å². The van der Waals surface area contributed by atoms with Crippen LogP contribution >= 0.6 is 0 Å². The summed E-state index contributed by atoms with van der Waals surface area (Å²) in [4.78, 5) is 12.1. The number of ether oxygens (including phenoxy) is 4. The number of halogens is 4. The summed E-state index contributed by atoms with van der Waals surface area (Å²) < 4.78 is 77.2. The molecular formula is C24H29F4NO5. The fourth-order valence-electron chi connectivity index (χ4n) is 3.45. The van der Waals surface area contributed by atoms with Crippen molar-refractivity contribution in [1.82, 2.24) is 5.32 Å². The van der Waals surface area contributed by atoms with Crippen molar-refractivity contribution < 1.29 is 41.3 Å². The Bertz CT molecular complexity index is 965. The number of carbonyl (C=O) groups excluding carboxylic acids is 1. The molecule has 0 saturated heterocycles.